The molecule has 153 valence electrons. The van der Waals surface area contributed by atoms with Crippen LogP contribution in [0, 0.1) is 0 Å². The first-order chi connectivity index (χ1) is 13.4. The van der Waals surface area contributed by atoms with Crippen LogP contribution in [0.25, 0.3) is 37.5 Å². The topological polar surface area (TPSA) is 45.5 Å². The summed E-state index contributed by atoms with van der Waals surface area (Å²) in [6.45, 7) is 8.00. The Morgan fingerprint density at radius 3 is 1.64 bits per heavy atom. The van der Waals surface area contributed by atoms with Crippen molar-refractivity contribution in [1.82, 2.24) is 4.90 Å². The Bertz CT molecular complexity index is 817. The summed E-state index contributed by atoms with van der Waals surface area (Å²) in [6.07, 6.45) is 0. The number of rotatable bonds is 2. The first kappa shape index (κ1) is 21.3. The molecule has 4 nitrogen and oxygen atoms in total. The minimum Gasteiger partial charge on any atom is -0.665 e. The van der Waals surface area contributed by atoms with Gasteiger partial charge in [0.05, 0.1) is 0 Å². The summed E-state index contributed by atoms with van der Waals surface area (Å²) in [7, 11) is 0. The Morgan fingerprint density at radius 2 is 1.11 bits per heavy atom. The predicted molar refractivity (Wildman–Crippen MR) is 116 cm³/mol. The molecular formula is C23H27CuN4-3. The van der Waals surface area contributed by atoms with E-state index in [-0.39, 0.29) is 17.1 Å². The Hall–Kier alpha value is -1.46. The van der Waals surface area contributed by atoms with Gasteiger partial charge in [0.25, 0.3) is 0 Å². The molecule has 3 aromatic rings. The van der Waals surface area contributed by atoms with Gasteiger partial charge in [0.2, 0.25) is 0 Å². The molecule has 0 bridgehead atoms. The Kier molecular flexibility index (Phi) is 8.28. The predicted octanol–water partition coefficient (Wildman–Crippen LogP) is 4.93. The van der Waals surface area contributed by atoms with E-state index in [9.17, 15) is 0 Å². The van der Waals surface area contributed by atoms with E-state index in [4.69, 9.17) is 0 Å². The third kappa shape index (κ3) is 5.32. The fourth-order valence-corrected chi connectivity index (χ4v) is 3.81. The molecular weight excluding hydrogens is 396 g/mol. The van der Waals surface area contributed by atoms with Gasteiger partial charge in [0.1, 0.15) is 0 Å². The van der Waals surface area contributed by atoms with Gasteiger partial charge in [-0.15, -0.1) is 13.1 Å². The van der Waals surface area contributed by atoms with Crippen molar-refractivity contribution >= 4 is 21.5 Å². The van der Waals surface area contributed by atoms with Crippen LogP contribution in [-0.2, 0) is 23.6 Å². The molecule has 0 N–H and O–H groups in total. The molecule has 0 spiro atoms. The average Bonchev–Trinajstić information content (AvgIpc) is 2.69. The zero-order valence-corrected chi connectivity index (χ0v) is 17.1. The van der Waals surface area contributed by atoms with Gasteiger partial charge < -0.3 is 20.9 Å². The summed E-state index contributed by atoms with van der Waals surface area (Å²) >= 11 is 0. The number of hydrogen-bond acceptors (Lipinski definition) is 1. The van der Waals surface area contributed by atoms with E-state index in [1.807, 2.05) is 0 Å². The molecule has 1 aliphatic rings. The summed E-state index contributed by atoms with van der Waals surface area (Å²) in [5, 5.41) is 19.1. The molecule has 1 aliphatic heterocycles. The Balaban J connectivity index is 0.00000225. The molecule has 0 amide bonds. The van der Waals surface area contributed by atoms with E-state index < -0.39 is 0 Å². The van der Waals surface area contributed by atoms with Crippen LogP contribution in [0.1, 0.15) is 5.56 Å². The molecule has 3 aromatic carbocycles. The molecule has 5 heteroatoms. The van der Waals surface area contributed by atoms with Crippen LogP contribution >= 0.6 is 0 Å². The molecule has 0 saturated carbocycles. The van der Waals surface area contributed by atoms with E-state index in [0.717, 1.165) is 58.9 Å². The molecule has 1 fully saturated rings. The average molecular weight is 423 g/mol. The van der Waals surface area contributed by atoms with Gasteiger partial charge >= 0.3 is 0 Å². The summed E-state index contributed by atoms with van der Waals surface area (Å²) in [5.41, 5.74) is 1.42. The molecule has 0 aromatic heterocycles. The smallest absolute Gasteiger partial charge is 0.0244 e. The summed E-state index contributed by atoms with van der Waals surface area (Å²) in [4.78, 5) is 2.51. The number of nitrogens with zero attached hydrogens (tertiary/aromatic N) is 4. The minimum absolute atomic E-state index is 0. The van der Waals surface area contributed by atoms with Gasteiger partial charge in [0, 0.05) is 23.6 Å². The van der Waals surface area contributed by atoms with Crippen molar-refractivity contribution in [2.24, 2.45) is 0 Å². The van der Waals surface area contributed by atoms with Gasteiger partial charge in [-0.05, 0) is 46.3 Å². The number of hydrogen-bond donors (Lipinski definition) is 0. The van der Waals surface area contributed by atoms with E-state index in [0.29, 0.717) is 0 Å². The maximum Gasteiger partial charge on any atom is 0.0244 e. The maximum atomic E-state index is 4.66. The first-order valence-electron chi connectivity index (χ1n) is 9.93. The fraction of sp³-hybridized carbons (Fsp3) is 0.391. The van der Waals surface area contributed by atoms with Crippen LogP contribution in [0.2, 0.25) is 0 Å². The van der Waals surface area contributed by atoms with Crippen molar-refractivity contribution in [3.63, 3.8) is 0 Å². The Morgan fingerprint density at radius 1 is 0.643 bits per heavy atom. The Labute approximate surface area is 178 Å². The summed E-state index contributed by atoms with van der Waals surface area (Å²) < 4.78 is 0. The monoisotopic (exact) mass is 423 g/mol. The van der Waals surface area contributed by atoms with Gasteiger partial charge in [-0.25, -0.2) is 0 Å². The molecule has 1 radical (unpaired) electrons. The standard InChI is InChI=1S/C23H27N4.Cu/c1-3-7-21-19(5-1)17-20-6-2-4-8-22(20)23(21)18-27-15-13-25-11-9-24-10-12-26-14-16-27;/h1-8,17H,9-16,18H2;/q-3;/i;1+0. The molecule has 1 saturated heterocycles. The fourth-order valence-electron chi connectivity index (χ4n) is 3.81. The zero-order chi connectivity index (χ0) is 18.3. The normalized spacial score (nSPS) is 17.6. The second-order valence-corrected chi connectivity index (χ2v) is 7.09. The van der Waals surface area contributed by atoms with Crippen LogP contribution in [0.15, 0.2) is 54.6 Å². The third-order valence-electron chi connectivity index (χ3n) is 5.25. The second-order valence-electron chi connectivity index (χ2n) is 7.09. The van der Waals surface area contributed by atoms with Gasteiger partial charge in [-0.2, -0.15) is 26.2 Å². The van der Waals surface area contributed by atoms with Crippen LogP contribution in [0.3, 0.4) is 0 Å². The van der Waals surface area contributed by atoms with Crippen LogP contribution < -0.4 is 0 Å². The molecule has 0 atom stereocenters. The van der Waals surface area contributed by atoms with Crippen molar-refractivity contribution in [3.05, 3.63) is 76.1 Å². The van der Waals surface area contributed by atoms with Crippen LogP contribution in [0.5, 0.6) is 0 Å². The molecule has 4 rings (SSSR count). The number of benzene rings is 3. The van der Waals surface area contributed by atoms with Gasteiger partial charge in [-0.3, -0.25) is 0 Å². The minimum atomic E-state index is 0. The second kappa shape index (κ2) is 10.9. The largest absolute Gasteiger partial charge is 0.665 e. The SMILES string of the molecule is [64Cu].c1ccc2c(CN3CC[N-]CC[N-]CC[N-]CC3)c3ccccc3cc2c1. The van der Waals surface area contributed by atoms with E-state index in [2.05, 4.69) is 75.4 Å². The van der Waals surface area contributed by atoms with Crippen molar-refractivity contribution in [1.29, 1.82) is 0 Å². The first-order valence-corrected chi connectivity index (χ1v) is 9.93. The maximum absolute atomic E-state index is 4.66. The molecule has 0 aliphatic carbocycles. The van der Waals surface area contributed by atoms with Crippen LogP contribution in [-0.4, -0.2) is 57.3 Å². The third-order valence-corrected chi connectivity index (χ3v) is 5.25. The molecule has 0 unspecified atom stereocenters. The van der Waals surface area contributed by atoms with E-state index in [1.54, 1.807) is 0 Å². The quantitative estimate of drug-likeness (QED) is 0.426. The van der Waals surface area contributed by atoms with Crippen molar-refractivity contribution in [2.45, 2.75) is 6.54 Å². The summed E-state index contributed by atoms with van der Waals surface area (Å²) in [5.74, 6) is 0. The van der Waals surface area contributed by atoms with Crippen molar-refractivity contribution in [3.8, 4) is 0 Å². The van der Waals surface area contributed by atoms with Crippen molar-refractivity contribution < 1.29 is 17.1 Å². The zero-order valence-electron chi connectivity index (χ0n) is 16.2. The van der Waals surface area contributed by atoms with Crippen LogP contribution in [0.4, 0.5) is 0 Å². The molecule has 1 heterocycles. The number of fused-ring (bicyclic) bond motifs is 2. The van der Waals surface area contributed by atoms with Gasteiger partial charge in [0.15, 0.2) is 0 Å². The van der Waals surface area contributed by atoms with Crippen molar-refractivity contribution in [2.75, 3.05) is 52.4 Å². The van der Waals surface area contributed by atoms with E-state index in [1.165, 1.54) is 27.1 Å². The molecule has 28 heavy (non-hydrogen) atoms. The van der Waals surface area contributed by atoms with Gasteiger partial charge in [-0.1, -0.05) is 48.5 Å². The summed E-state index contributed by atoms with van der Waals surface area (Å²) in [6, 6.07) is 19.8. The van der Waals surface area contributed by atoms with E-state index >= 15 is 0 Å².